The van der Waals surface area contributed by atoms with Crippen molar-refractivity contribution in [1.29, 1.82) is 0 Å². The summed E-state index contributed by atoms with van der Waals surface area (Å²) in [6.45, 7) is 3.32. The molecule has 8 nitrogen and oxygen atoms in total. The van der Waals surface area contributed by atoms with E-state index >= 15 is 0 Å². The normalized spacial score (nSPS) is 14.7. The number of fused-ring (bicyclic) bond motifs is 3. The summed E-state index contributed by atoms with van der Waals surface area (Å²) in [5.41, 5.74) is 3.31. The molecule has 1 aliphatic rings. The van der Waals surface area contributed by atoms with E-state index in [9.17, 15) is 9.59 Å². The number of aryl methyl sites for hydroxylation is 1. The molecule has 4 aromatic rings. The SMILES string of the molecule is CSc1n[n+]2c(c(=O)[nH]1)-c1ccccc1N(C(C)=O)[C@H]2c1c(C)nn(-c2ccccc2)c1Cl. The maximum absolute atomic E-state index is 13.2. The number of hydrogen-bond acceptors (Lipinski definition) is 5. The molecule has 0 unspecified atom stereocenters. The van der Waals surface area contributed by atoms with Crippen molar-refractivity contribution in [2.24, 2.45) is 0 Å². The number of H-pyrrole nitrogens is 1. The summed E-state index contributed by atoms with van der Waals surface area (Å²) in [5, 5.41) is 10.1. The number of benzene rings is 2. The van der Waals surface area contributed by atoms with Gasteiger partial charge in [-0.15, -0.1) is 0 Å². The molecule has 0 bridgehead atoms. The first-order chi connectivity index (χ1) is 15.9. The highest BCUT2D eigenvalue weighted by atomic mass is 35.5. The highest BCUT2D eigenvalue weighted by molar-refractivity contribution is 7.98. The Labute approximate surface area is 198 Å². The molecule has 0 saturated heterocycles. The minimum absolute atomic E-state index is 0.207. The number of carbonyl (C=O) groups is 1. The first-order valence-electron chi connectivity index (χ1n) is 10.2. The van der Waals surface area contributed by atoms with Crippen LogP contribution in [0.3, 0.4) is 0 Å². The second-order valence-corrected chi connectivity index (χ2v) is 8.73. The molecule has 1 N–H and O–H groups in total. The van der Waals surface area contributed by atoms with E-state index in [1.54, 1.807) is 14.3 Å². The molecule has 5 rings (SSSR count). The van der Waals surface area contributed by atoms with Crippen molar-refractivity contribution >= 4 is 35.0 Å². The molecule has 2 aromatic carbocycles. The van der Waals surface area contributed by atoms with Crippen molar-refractivity contribution in [3.63, 3.8) is 0 Å². The largest absolute Gasteiger partial charge is 0.325 e. The molecule has 0 spiro atoms. The van der Waals surface area contributed by atoms with Gasteiger partial charge in [-0.2, -0.15) is 5.10 Å². The molecule has 1 aliphatic heterocycles. The molecule has 33 heavy (non-hydrogen) atoms. The lowest BCUT2D eigenvalue weighted by Crippen LogP contribution is -2.60. The second kappa shape index (κ2) is 8.17. The van der Waals surface area contributed by atoms with Gasteiger partial charge in [0.05, 0.1) is 22.6 Å². The van der Waals surface area contributed by atoms with Crippen molar-refractivity contribution in [3.05, 3.63) is 81.4 Å². The van der Waals surface area contributed by atoms with Crippen LogP contribution in [0.5, 0.6) is 0 Å². The zero-order valence-electron chi connectivity index (χ0n) is 18.1. The number of rotatable bonds is 3. The number of nitrogens with zero attached hydrogens (tertiary/aromatic N) is 5. The number of carbonyl (C=O) groups excluding carboxylic acids is 1. The summed E-state index contributed by atoms with van der Waals surface area (Å²) < 4.78 is 3.22. The fourth-order valence-electron chi connectivity index (χ4n) is 4.21. The lowest BCUT2D eigenvalue weighted by atomic mass is 10.0. The third-order valence-corrected chi connectivity index (χ3v) is 6.53. The van der Waals surface area contributed by atoms with Crippen molar-refractivity contribution < 1.29 is 9.48 Å². The third kappa shape index (κ3) is 3.35. The molecule has 0 radical (unpaired) electrons. The van der Waals surface area contributed by atoms with Gasteiger partial charge in [-0.25, -0.2) is 9.58 Å². The fraction of sp³-hybridized carbons (Fsp3) is 0.174. The Hall–Kier alpha value is -3.43. The van der Waals surface area contributed by atoms with Gasteiger partial charge in [0, 0.05) is 12.0 Å². The molecule has 1 atom stereocenters. The summed E-state index contributed by atoms with van der Waals surface area (Å²) in [7, 11) is 0. The summed E-state index contributed by atoms with van der Waals surface area (Å²) in [6, 6.07) is 16.8. The van der Waals surface area contributed by atoms with Crippen LogP contribution in [0.25, 0.3) is 16.9 Å². The molecular formula is C23H20ClN6O2S+. The van der Waals surface area contributed by atoms with Crippen molar-refractivity contribution in [2.45, 2.75) is 25.2 Å². The Bertz CT molecular complexity index is 1450. The van der Waals surface area contributed by atoms with E-state index in [0.717, 1.165) is 5.69 Å². The van der Waals surface area contributed by atoms with Gasteiger partial charge in [0.2, 0.25) is 11.1 Å². The van der Waals surface area contributed by atoms with Crippen LogP contribution in [0.2, 0.25) is 5.15 Å². The van der Waals surface area contributed by atoms with Gasteiger partial charge in [-0.05, 0) is 42.1 Å². The zero-order valence-corrected chi connectivity index (χ0v) is 19.7. The van der Waals surface area contributed by atoms with Gasteiger partial charge in [-0.3, -0.25) is 14.6 Å². The van der Waals surface area contributed by atoms with E-state index < -0.39 is 6.17 Å². The van der Waals surface area contributed by atoms with Gasteiger partial charge < -0.3 is 0 Å². The first-order valence-corrected chi connectivity index (χ1v) is 11.8. The number of anilines is 1. The molecular weight excluding hydrogens is 460 g/mol. The highest BCUT2D eigenvalue weighted by Gasteiger charge is 2.47. The molecule has 0 fully saturated rings. The molecule has 1 amide bonds. The van der Waals surface area contributed by atoms with E-state index in [-0.39, 0.29) is 11.5 Å². The van der Waals surface area contributed by atoms with Crippen molar-refractivity contribution in [3.8, 4) is 16.9 Å². The molecule has 2 aromatic heterocycles. The summed E-state index contributed by atoms with van der Waals surface area (Å²) >= 11 is 8.21. The average Bonchev–Trinajstić information content (AvgIpc) is 3.11. The number of thioether (sulfide) groups is 1. The summed E-state index contributed by atoms with van der Waals surface area (Å²) in [5.74, 6) is -0.207. The quantitative estimate of drug-likeness (QED) is 0.359. The van der Waals surface area contributed by atoms with E-state index in [2.05, 4.69) is 15.2 Å². The first kappa shape index (κ1) is 21.4. The van der Waals surface area contributed by atoms with Crippen LogP contribution in [0, 0.1) is 6.92 Å². The Morgan fingerprint density at radius 3 is 2.55 bits per heavy atom. The van der Waals surface area contributed by atoms with Crippen LogP contribution in [-0.2, 0) is 4.79 Å². The maximum atomic E-state index is 13.2. The Morgan fingerprint density at radius 1 is 1.15 bits per heavy atom. The molecule has 10 heteroatoms. The fourth-order valence-corrected chi connectivity index (χ4v) is 4.94. The van der Waals surface area contributed by atoms with E-state index in [1.807, 2.05) is 67.8 Å². The standard InChI is InChI=1S/C23H19ClN6O2S/c1-13-18(20(24)29(26-13)15-9-5-4-6-10-15)22-28(14(2)31)17-12-8-7-11-16(17)19-21(32)25-23(33-3)27-30(19)22/h4-12,22H,1-3H3/p+1/t22-/m1/s1. The number of halogens is 1. The van der Waals surface area contributed by atoms with E-state index in [4.69, 9.17) is 11.6 Å². The van der Waals surface area contributed by atoms with Crippen molar-refractivity contribution in [1.82, 2.24) is 19.9 Å². The number of hydrogen-bond donors (Lipinski definition) is 1. The minimum Gasteiger partial charge on any atom is -0.291 e. The van der Waals surface area contributed by atoms with Crippen molar-refractivity contribution in [2.75, 3.05) is 11.2 Å². The van der Waals surface area contributed by atoms with Gasteiger partial charge in [0.15, 0.2) is 0 Å². The monoisotopic (exact) mass is 479 g/mol. The lowest BCUT2D eigenvalue weighted by molar-refractivity contribution is -0.763. The Morgan fingerprint density at radius 2 is 1.85 bits per heavy atom. The predicted octanol–water partition coefficient (Wildman–Crippen LogP) is 3.51. The zero-order chi connectivity index (χ0) is 23.3. The van der Waals surface area contributed by atoms with Gasteiger partial charge in [0.1, 0.15) is 10.7 Å². The van der Waals surface area contributed by atoms with Crippen LogP contribution >= 0.6 is 23.4 Å². The summed E-state index contributed by atoms with van der Waals surface area (Å²) in [4.78, 5) is 30.6. The number of para-hydroxylation sites is 2. The van der Waals surface area contributed by atoms with E-state index in [0.29, 0.717) is 38.5 Å². The number of nitrogens with one attached hydrogen (secondary N) is 1. The van der Waals surface area contributed by atoms with E-state index in [1.165, 1.54) is 18.7 Å². The van der Waals surface area contributed by atoms with Gasteiger partial charge in [-0.1, -0.05) is 53.7 Å². The molecule has 0 saturated carbocycles. The number of aromatic amines is 1. The van der Waals surface area contributed by atoms with Gasteiger partial charge >= 0.3 is 11.3 Å². The number of amides is 1. The molecule has 166 valence electrons. The van der Waals surface area contributed by atoms with Crippen LogP contribution in [0.4, 0.5) is 5.69 Å². The minimum atomic E-state index is -0.787. The van der Waals surface area contributed by atoms with Crippen LogP contribution in [0.15, 0.2) is 64.5 Å². The molecule has 3 heterocycles. The Kier molecular flexibility index (Phi) is 5.30. The smallest absolute Gasteiger partial charge is 0.291 e. The van der Waals surface area contributed by atoms with Crippen LogP contribution in [0.1, 0.15) is 24.3 Å². The summed E-state index contributed by atoms with van der Waals surface area (Å²) in [6.07, 6.45) is 1.04. The predicted molar refractivity (Wildman–Crippen MR) is 127 cm³/mol. The van der Waals surface area contributed by atoms with Gasteiger partial charge in [0.25, 0.3) is 6.17 Å². The topological polar surface area (TPSA) is 87.8 Å². The van der Waals surface area contributed by atoms with Crippen LogP contribution < -0.4 is 15.1 Å². The average molecular weight is 480 g/mol. The Balaban J connectivity index is 1.85. The highest BCUT2D eigenvalue weighted by Crippen LogP contribution is 2.40. The third-order valence-electron chi connectivity index (χ3n) is 5.60. The number of aromatic nitrogens is 5. The maximum Gasteiger partial charge on any atom is 0.325 e. The molecule has 0 aliphatic carbocycles. The lowest BCUT2D eigenvalue weighted by Gasteiger charge is -2.31. The van der Waals surface area contributed by atoms with Crippen LogP contribution in [-0.4, -0.2) is 32.0 Å². The second-order valence-electron chi connectivity index (χ2n) is 7.57.